The normalized spacial score (nSPS) is 21.8. The van der Waals surface area contributed by atoms with E-state index in [0.717, 1.165) is 30.0 Å². The fraction of sp³-hybridized carbons (Fsp3) is 0.750. The molecule has 2 aliphatic rings. The van der Waals surface area contributed by atoms with Crippen LogP contribution in [0.1, 0.15) is 37.1 Å². The van der Waals surface area contributed by atoms with E-state index in [2.05, 4.69) is 15.3 Å². The molecule has 0 radical (unpaired) electrons. The molecule has 2 saturated heterocycles. The Labute approximate surface area is 143 Å². The Morgan fingerprint density at radius 3 is 2.50 bits per heavy atom. The van der Waals surface area contributed by atoms with E-state index < -0.39 is 10.0 Å². The smallest absolute Gasteiger partial charge is 0.217 e. The monoisotopic (exact) mass is 354 g/mol. The molecule has 1 aromatic rings. The van der Waals surface area contributed by atoms with Crippen LogP contribution in [0.2, 0.25) is 0 Å². The molecule has 0 atom stereocenters. The van der Waals surface area contributed by atoms with Gasteiger partial charge in [-0.05, 0) is 39.5 Å². The topological polar surface area (TPSA) is 84.4 Å². The first-order chi connectivity index (χ1) is 11.5. The second-order valence-electron chi connectivity index (χ2n) is 6.62. The second-order valence-corrected chi connectivity index (χ2v) is 8.83. The van der Waals surface area contributed by atoms with Gasteiger partial charge in [-0.3, -0.25) is 4.98 Å². The molecule has 8 heteroatoms. The first-order valence-electron chi connectivity index (χ1n) is 8.60. The SMILES string of the molecule is Cc1cnc(C)c(NC2CCN(S(=O)(=O)C3CCOCC3)CC2)n1. The van der Waals surface area contributed by atoms with Crippen LogP contribution in [0.15, 0.2) is 6.20 Å². The number of hydrogen-bond donors (Lipinski definition) is 1. The summed E-state index contributed by atoms with van der Waals surface area (Å²) >= 11 is 0. The van der Waals surface area contributed by atoms with Gasteiger partial charge in [0.05, 0.1) is 16.6 Å². The number of aryl methyl sites for hydroxylation is 2. The molecule has 0 spiro atoms. The number of sulfonamides is 1. The number of nitrogens with zero attached hydrogens (tertiary/aromatic N) is 3. The molecule has 1 N–H and O–H groups in total. The molecule has 0 amide bonds. The van der Waals surface area contributed by atoms with Gasteiger partial charge in [0.1, 0.15) is 5.82 Å². The van der Waals surface area contributed by atoms with Crippen LogP contribution < -0.4 is 5.32 Å². The number of aromatic nitrogens is 2. The van der Waals surface area contributed by atoms with Gasteiger partial charge in [0.2, 0.25) is 10.0 Å². The largest absolute Gasteiger partial charge is 0.381 e. The highest BCUT2D eigenvalue weighted by molar-refractivity contribution is 7.89. The molecule has 3 heterocycles. The van der Waals surface area contributed by atoms with Gasteiger partial charge in [0, 0.05) is 38.5 Å². The third kappa shape index (κ3) is 3.87. The van der Waals surface area contributed by atoms with Crippen molar-refractivity contribution in [1.82, 2.24) is 14.3 Å². The van der Waals surface area contributed by atoms with Gasteiger partial charge >= 0.3 is 0 Å². The maximum Gasteiger partial charge on any atom is 0.217 e. The molecular formula is C16H26N4O3S. The number of hydrogen-bond acceptors (Lipinski definition) is 6. The van der Waals surface area contributed by atoms with Crippen LogP contribution >= 0.6 is 0 Å². The molecule has 7 nitrogen and oxygen atoms in total. The molecular weight excluding hydrogens is 328 g/mol. The fourth-order valence-corrected chi connectivity index (χ4v) is 5.24. The minimum absolute atomic E-state index is 0.237. The van der Waals surface area contributed by atoms with Crippen LogP contribution in [-0.4, -0.2) is 60.3 Å². The molecule has 3 rings (SSSR count). The predicted octanol–water partition coefficient (Wildman–Crippen LogP) is 1.48. The summed E-state index contributed by atoms with van der Waals surface area (Å²) in [6, 6.07) is 0.237. The Morgan fingerprint density at radius 1 is 1.17 bits per heavy atom. The second kappa shape index (κ2) is 7.33. The van der Waals surface area contributed by atoms with Crippen molar-refractivity contribution in [3.05, 3.63) is 17.6 Å². The summed E-state index contributed by atoms with van der Waals surface area (Å²) in [6.07, 6.45) is 4.55. The van der Waals surface area contributed by atoms with Crippen molar-refractivity contribution in [1.29, 1.82) is 0 Å². The third-order valence-corrected chi connectivity index (χ3v) is 7.22. The van der Waals surface area contributed by atoms with Crippen molar-refractivity contribution < 1.29 is 13.2 Å². The van der Waals surface area contributed by atoms with Gasteiger partial charge in [0.15, 0.2) is 0 Å². The maximum atomic E-state index is 12.7. The quantitative estimate of drug-likeness (QED) is 0.882. The van der Waals surface area contributed by atoms with Crippen LogP contribution in [-0.2, 0) is 14.8 Å². The van der Waals surface area contributed by atoms with Gasteiger partial charge in [-0.25, -0.2) is 17.7 Å². The molecule has 0 unspecified atom stereocenters. The highest BCUT2D eigenvalue weighted by Gasteiger charge is 2.35. The van der Waals surface area contributed by atoms with Crippen molar-refractivity contribution in [2.45, 2.75) is 50.8 Å². The lowest BCUT2D eigenvalue weighted by atomic mass is 10.1. The lowest BCUT2D eigenvalue weighted by molar-refractivity contribution is 0.0969. The van der Waals surface area contributed by atoms with Crippen LogP contribution in [0.4, 0.5) is 5.82 Å². The van der Waals surface area contributed by atoms with E-state index in [1.54, 1.807) is 10.5 Å². The summed E-state index contributed by atoms with van der Waals surface area (Å²) in [5.41, 5.74) is 1.75. The van der Waals surface area contributed by atoms with Gasteiger partial charge in [-0.15, -0.1) is 0 Å². The molecule has 0 bridgehead atoms. The average molecular weight is 354 g/mol. The van der Waals surface area contributed by atoms with E-state index in [1.807, 2.05) is 13.8 Å². The Bertz CT molecular complexity index is 666. The van der Waals surface area contributed by atoms with Crippen molar-refractivity contribution >= 4 is 15.8 Å². The standard InChI is InChI=1S/C16H26N4O3S/c1-12-11-17-13(2)16(18-12)19-14-3-7-20(8-4-14)24(21,22)15-5-9-23-10-6-15/h11,14-15H,3-10H2,1-2H3,(H,18,19). The zero-order valence-electron chi connectivity index (χ0n) is 14.4. The summed E-state index contributed by atoms with van der Waals surface area (Å²) < 4.78 is 32.4. The summed E-state index contributed by atoms with van der Waals surface area (Å²) in [4.78, 5) is 8.81. The van der Waals surface area contributed by atoms with E-state index in [-0.39, 0.29) is 11.3 Å². The van der Waals surface area contributed by atoms with Gasteiger partial charge in [0.25, 0.3) is 0 Å². The summed E-state index contributed by atoms with van der Waals surface area (Å²) in [6.45, 7) is 6.08. The van der Waals surface area contributed by atoms with Gasteiger partial charge in [-0.1, -0.05) is 0 Å². The minimum atomic E-state index is -3.20. The average Bonchev–Trinajstić information content (AvgIpc) is 2.59. The third-order valence-electron chi connectivity index (χ3n) is 4.82. The van der Waals surface area contributed by atoms with E-state index in [1.165, 1.54) is 0 Å². The van der Waals surface area contributed by atoms with Crippen LogP contribution in [0.25, 0.3) is 0 Å². The van der Waals surface area contributed by atoms with Gasteiger partial charge in [-0.2, -0.15) is 0 Å². The summed E-state index contributed by atoms with van der Waals surface area (Å²) in [5.74, 6) is 0.806. The molecule has 0 aromatic carbocycles. The highest BCUT2D eigenvalue weighted by atomic mass is 32.2. The number of rotatable bonds is 4. The van der Waals surface area contributed by atoms with E-state index in [0.29, 0.717) is 39.1 Å². The summed E-state index contributed by atoms with van der Waals surface area (Å²) in [7, 11) is -3.20. The van der Waals surface area contributed by atoms with E-state index in [9.17, 15) is 8.42 Å². The maximum absolute atomic E-state index is 12.7. The highest BCUT2D eigenvalue weighted by Crippen LogP contribution is 2.24. The Balaban J connectivity index is 1.58. The van der Waals surface area contributed by atoms with Crippen LogP contribution in [0.3, 0.4) is 0 Å². The van der Waals surface area contributed by atoms with Crippen molar-refractivity contribution in [2.75, 3.05) is 31.6 Å². The van der Waals surface area contributed by atoms with Crippen molar-refractivity contribution in [3.63, 3.8) is 0 Å². The Morgan fingerprint density at radius 2 is 1.83 bits per heavy atom. The predicted molar refractivity (Wildman–Crippen MR) is 92.5 cm³/mol. The lowest BCUT2D eigenvalue weighted by Gasteiger charge is -2.35. The molecule has 1 aromatic heterocycles. The van der Waals surface area contributed by atoms with Crippen LogP contribution in [0.5, 0.6) is 0 Å². The van der Waals surface area contributed by atoms with Gasteiger partial charge < -0.3 is 10.1 Å². The van der Waals surface area contributed by atoms with Crippen molar-refractivity contribution in [3.8, 4) is 0 Å². The minimum Gasteiger partial charge on any atom is -0.381 e. The molecule has 0 saturated carbocycles. The Kier molecular flexibility index (Phi) is 5.36. The fourth-order valence-electron chi connectivity index (χ4n) is 3.31. The molecule has 2 fully saturated rings. The number of anilines is 1. The summed E-state index contributed by atoms with van der Waals surface area (Å²) in [5, 5.41) is 3.15. The zero-order chi connectivity index (χ0) is 17.2. The number of ether oxygens (including phenoxy) is 1. The number of nitrogens with one attached hydrogen (secondary N) is 1. The number of piperidine rings is 1. The lowest BCUT2D eigenvalue weighted by Crippen LogP contribution is -2.47. The van der Waals surface area contributed by atoms with Crippen LogP contribution in [0, 0.1) is 13.8 Å². The molecule has 24 heavy (non-hydrogen) atoms. The van der Waals surface area contributed by atoms with E-state index >= 15 is 0 Å². The Hall–Kier alpha value is -1.25. The first-order valence-corrected chi connectivity index (χ1v) is 10.1. The molecule has 2 aliphatic heterocycles. The van der Waals surface area contributed by atoms with Crippen molar-refractivity contribution in [2.24, 2.45) is 0 Å². The van der Waals surface area contributed by atoms with E-state index in [4.69, 9.17) is 4.74 Å². The molecule has 0 aliphatic carbocycles. The zero-order valence-corrected chi connectivity index (χ0v) is 15.2. The molecule has 134 valence electrons. The first kappa shape index (κ1) is 17.6.